The summed E-state index contributed by atoms with van der Waals surface area (Å²) in [7, 11) is 0. The van der Waals surface area contributed by atoms with Crippen LogP contribution in [0.4, 0.5) is 4.39 Å². The fourth-order valence-electron chi connectivity index (χ4n) is 1.41. The first-order chi connectivity index (χ1) is 6.50. The van der Waals surface area contributed by atoms with Gasteiger partial charge in [-0.2, -0.15) is 0 Å². The molecule has 1 unspecified atom stereocenters. The summed E-state index contributed by atoms with van der Waals surface area (Å²) in [6.07, 6.45) is -0.0413. The summed E-state index contributed by atoms with van der Waals surface area (Å²) in [6, 6.07) is 4.75. The normalized spacial score (nSPS) is 12.5. The number of carbonyl (C=O) groups is 1. The van der Waals surface area contributed by atoms with Gasteiger partial charge in [0, 0.05) is 0 Å². The summed E-state index contributed by atoms with van der Waals surface area (Å²) < 4.78 is 13.3. The zero-order valence-electron chi connectivity index (χ0n) is 8.25. The lowest BCUT2D eigenvalue weighted by Gasteiger charge is -2.10. The van der Waals surface area contributed by atoms with Gasteiger partial charge in [0.2, 0.25) is 0 Å². The molecule has 0 amide bonds. The van der Waals surface area contributed by atoms with Crippen molar-refractivity contribution in [1.29, 1.82) is 0 Å². The Bertz CT molecular complexity index is 347. The molecule has 1 aromatic carbocycles. The average molecular weight is 196 g/mol. The minimum atomic E-state index is -0.904. The second-order valence-corrected chi connectivity index (χ2v) is 3.52. The van der Waals surface area contributed by atoms with Crippen LogP contribution in [0, 0.1) is 12.7 Å². The smallest absolute Gasteiger partial charge is 0.303 e. The maximum Gasteiger partial charge on any atom is 0.303 e. The van der Waals surface area contributed by atoms with E-state index in [1.165, 1.54) is 6.07 Å². The molecule has 76 valence electrons. The summed E-state index contributed by atoms with van der Waals surface area (Å²) >= 11 is 0. The number of aliphatic carboxylic acids is 1. The Hall–Kier alpha value is -1.38. The van der Waals surface area contributed by atoms with Crippen LogP contribution in [0.5, 0.6) is 0 Å². The molecule has 1 atom stereocenters. The molecule has 0 saturated carbocycles. The monoisotopic (exact) mass is 196 g/mol. The summed E-state index contributed by atoms with van der Waals surface area (Å²) in [6.45, 7) is 3.57. The van der Waals surface area contributed by atoms with Gasteiger partial charge in [0.15, 0.2) is 0 Å². The molecule has 0 spiro atoms. The highest BCUT2D eigenvalue weighted by Crippen LogP contribution is 2.22. The Labute approximate surface area is 82.4 Å². The third-order valence-corrected chi connectivity index (χ3v) is 2.16. The van der Waals surface area contributed by atoms with E-state index in [2.05, 4.69) is 0 Å². The number of carboxylic acid groups (broad SMARTS) is 1. The third kappa shape index (κ3) is 2.55. The first kappa shape index (κ1) is 10.7. The van der Waals surface area contributed by atoms with Gasteiger partial charge in [0.25, 0.3) is 0 Å². The molecule has 0 aliphatic heterocycles. The maximum atomic E-state index is 13.3. The molecule has 1 rings (SSSR count). The summed E-state index contributed by atoms with van der Waals surface area (Å²) in [5.41, 5.74) is 1.42. The molecule has 0 aromatic heterocycles. The van der Waals surface area contributed by atoms with Crippen LogP contribution in [0.25, 0.3) is 0 Å². The molecule has 0 saturated heterocycles. The molecule has 1 N–H and O–H groups in total. The largest absolute Gasteiger partial charge is 0.481 e. The fraction of sp³-hybridized carbons (Fsp3) is 0.364. The van der Waals surface area contributed by atoms with Crippen LogP contribution in [-0.4, -0.2) is 11.1 Å². The Balaban J connectivity index is 2.93. The Morgan fingerprint density at radius 1 is 1.57 bits per heavy atom. The van der Waals surface area contributed by atoms with Crippen molar-refractivity contribution >= 4 is 5.97 Å². The van der Waals surface area contributed by atoms with Crippen molar-refractivity contribution in [3.8, 4) is 0 Å². The summed E-state index contributed by atoms with van der Waals surface area (Å²) in [5, 5.41) is 8.58. The highest BCUT2D eigenvalue weighted by atomic mass is 19.1. The van der Waals surface area contributed by atoms with Gasteiger partial charge in [-0.05, 0) is 24.5 Å². The van der Waals surface area contributed by atoms with E-state index in [9.17, 15) is 9.18 Å². The molecular weight excluding hydrogens is 183 g/mol. The molecule has 0 heterocycles. The maximum absolute atomic E-state index is 13.3. The van der Waals surface area contributed by atoms with Gasteiger partial charge in [-0.1, -0.05) is 24.6 Å². The average Bonchev–Trinajstić information content (AvgIpc) is 2.08. The van der Waals surface area contributed by atoms with Crippen LogP contribution in [0.3, 0.4) is 0 Å². The fourth-order valence-corrected chi connectivity index (χ4v) is 1.41. The zero-order chi connectivity index (χ0) is 10.7. The first-order valence-electron chi connectivity index (χ1n) is 4.48. The van der Waals surface area contributed by atoms with E-state index in [1.807, 2.05) is 6.92 Å². The molecule has 3 heteroatoms. The molecular formula is C11H13FO2. The standard InChI is InChI=1S/C11H13FO2/c1-7-3-4-10(12)9(5-7)8(2)6-11(13)14/h3-5,8H,6H2,1-2H3,(H,13,14). The number of halogens is 1. The number of hydrogen-bond donors (Lipinski definition) is 1. The number of hydrogen-bond acceptors (Lipinski definition) is 1. The lowest BCUT2D eigenvalue weighted by molar-refractivity contribution is -0.137. The molecule has 0 bridgehead atoms. The van der Waals surface area contributed by atoms with Gasteiger partial charge >= 0.3 is 5.97 Å². The molecule has 0 radical (unpaired) electrons. The van der Waals surface area contributed by atoms with Crippen molar-refractivity contribution in [1.82, 2.24) is 0 Å². The lowest BCUT2D eigenvalue weighted by atomic mass is 9.96. The highest BCUT2D eigenvalue weighted by molar-refractivity contribution is 5.68. The predicted molar refractivity (Wildman–Crippen MR) is 51.8 cm³/mol. The third-order valence-electron chi connectivity index (χ3n) is 2.16. The van der Waals surface area contributed by atoms with E-state index in [0.717, 1.165) is 5.56 Å². The van der Waals surface area contributed by atoms with Crippen molar-refractivity contribution in [2.75, 3.05) is 0 Å². The number of aryl methyl sites for hydroxylation is 1. The van der Waals surface area contributed by atoms with Crippen LogP contribution in [-0.2, 0) is 4.79 Å². The van der Waals surface area contributed by atoms with Crippen molar-refractivity contribution in [2.24, 2.45) is 0 Å². The molecule has 1 aromatic rings. The van der Waals surface area contributed by atoms with Gasteiger partial charge in [-0.15, -0.1) is 0 Å². The van der Waals surface area contributed by atoms with Crippen LogP contribution in [0.1, 0.15) is 30.4 Å². The van der Waals surface area contributed by atoms with Crippen LogP contribution >= 0.6 is 0 Å². The second-order valence-electron chi connectivity index (χ2n) is 3.52. The second kappa shape index (κ2) is 4.22. The number of rotatable bonds is 3. The Morgan fingerprint density at radius 2 is 2.21 bits per heavy atom. The van der Waals surface area contributed by atoms with Crippen molar-refractivity contribution in [2.45, 2.75) is 26.2 Å². The lowest BCUT2D eigenvalue weighted by Crippen LogP contribution is -2.05. The quantitative estimate of drug-likeness (QED) is 0.807. The molecule has 2 nitrogen and oxygen atoms in total. The van der Waals surface area contributed by atoms with Gasteiger partial charge in [-0.3, -0.25) is 4.79 Å². The first-order valence-corrected chi connectivity index (χ1v) is 4.48. The van der Waals surface area contributed by atoms with Crippen molar-refractivity contribution < 1.29 is 14.3 Å². The molecule has 0 aliphatic carbocycles. The van der Waals surface area contributed by atoms with Gasteiger partial charge in [0.1, 0.15) is 5.82 Å². The summed E-state index contributed by atoms with van der Waals surface area (Å²) in [5.74, 6) is -1.52. The Morgan fingerprint density at radius 3 is 2.79 bits per heavy atom. The minimum absolute atomic E-state index is 0.0413. The number of carboxylic acids is 1. The summed E-state index contributed by atoms with van der Waals surface area (Å²) in [4.78, 5) is 10.5. The molecule has 14 heavy (non-hydrogen) atoms. The zero-order valence-corrected chi connectivity index (χ0v) is 8.25. The van der Waals surface area contributed by atoms with Crippen LogP contribution in [0.15, 0.2) is 18.2 Å². The van der Waals surface area contributed by atoms with Crippen molar-refractivity contribution in [3.05, 3.63) is 35.1 Å². The van der Waals surface area contributed by atoms with E-state index in [0.29, 0.717) is 5.56 Å². The van der Waals surface area contributed by atoms with Gasteiger partial charge in [-0.25, -0.2) is 4.39 Å². The van der Waals surface area contributed by atoms with E-state index in [-0.39, 0.29) is 18.2 Å². The van der Waals surface area contributed by atoms with E-state index in [4.69, 9.17) is 5.11 Å². The Kier molecular flexibility index (Phi) is 3.23. The topological polar surface area (TPSA) is 37.3 Å². The van der Waals surface area contributed by atoms with Crippen molar-refractivity contribution in [3.63, 3.8) is 0 Å². The van der Waals surface area contributed by atoms with E-state index < -0.39 is 5.97 Å². The highest BCUT2D eigenvalue weighted by Gasteiger charge is 2.14. The predicted octanol–water partition coefficient (Wildman–Crippen LogP) is 2.71. The van der Waals surface area contributed by atoms with Crippen LogP contribution in [0.2, 0.25) is 0 Å². The minimum Gasteiger partial charge on any atom is -0.481 e. The van der Waals surface area contributed by atoms with Gasteiger partial charge < -0.3 is 5.11 Å². The molecule has 0 aliphatic rings. The number of benzene rings is 1. The van der Waals surface area contributed by atoms with Gasteiger partial charge in [0.05, 0.1) is 6.42 Å². The SMILES string of the molecule is Cc1ccc(F)c(C(C)CC(=O)O)c1. The van der Waals surface area contributed by atoms with E-state index in [1.54, 1.807) is 19.1 Å². The molecule has 0 fully saturated rings. The van der Waals surface area contributed by atoms with Crippen LogP contribution < -0.4 is 0 Å². The van der Waals surface area contributed by atoms with E-state index >= 15 is 0 Å².